The molecule has 3 aromatic rings. The molecule has 0 radical (unpaired) electrons. The van der Waals surface area contributed by atoms with Crippen molar-refractivity contribution in [3.63, 3.8) is 0 Å². The molecule has 7 nitrogen and oxygen atoms in total. The summed E-state index contributed by atoms with van der Waals surface area (Å²) in [6, 6.07) is 18.3. The Hall–Kier alpha value is -3.32. The van der Waals surface area contributed by atoms with Crippen molar-refractivity contribution in [2.24, 2.45) is 0 Å². The number of amides is 2. The highest BCUT2D eigenvalue weighted by atomic mass is 35.5. The first kappa shape index (κ1) is 20.0. The summed E-state index contributed by atoms with van der Waals surface area (Å²) in [6.07, 6.45) is 0. The number of para-hydroxylation sites is 1. The first-order valence-electron chi connectivity index (χ1n) is 9.68. The summed E-state index contributed by atoms with van der Waals surface area (Å²) >= 11 is 5.92. The Morgan fingerprint density at radius 1 is 1.10 bits per heavy atom. The third kappa shape index (κ3) is 4.63. The van der Waals surface area contributed by atoms with Crippen molar-refractivity contribution in [2.45, 2.75) is 13.1 Å². The van der Waals surface area contributed by atoms with Gasteiger partial charge >= 0.3 is 0 Å². The molecular weight excluding hydrogens is 404 g/mol. The fourth-order valence-electron chi connectivity index (χ4n) is 3.25. The number of fused-ring (bicyclic) bond motifs is 1. The van der Waals surface area contributed by atoms with Gasteiger partial charge in [0.25, 0.3) is 11.8 Å². The second kappa shape index (κ2) is 9.00. The number of rotatable bonds is 7. The predicted octanol–water partition coefficient (Wildman–Crippen LogP) is 3.00. The van der Waals surface area contributed by atoms with Crippen molar-refractivity contribution >= 4 is 23.4 Å². The summed E-state index contributed by atoms with van der Waals surface area (Å²) in [5.74, 6) is 0.274. The molecule has 0 fully saturated rings. The molecule has 0 saturated heterocycles. The molecule has 1 N–H and O–H groups in total. The van der Waals surface area contributed by atoms with E-state index in [4.69, 9.17) is 16.3 Å². The van der Waals surface area contributed by atoms with Gasteiger partial charge in [-0.3, -0.25) is 14.3 Å². The van der Waals surface area contributed by atoms with Crippen molar-refractivity contribution in [1.82, 2.24) is 20.0 Å². The average molecular weight is 425 g/mol. The predicted molar refractivity (Wildman–Crippen MR) is 113 cm³/mol. The summed E-state index contributed by atoms with van der Waals surface area (Å²) in [5, 5.41) is 7.72. The van der Waals surface area contributed by atoms with Crippen LogP contribution in [0.5, 0.6) is 5.75 Å². The molecule has 0 bridgehead atoms. The highest BCUT2D eigenvalue weighted by Crippen LogP contribution is 2.18. The molecule has 4 rings (SSSR count). The van der Waals surface area contributed by atoms with Gasteiger partial charge in [-0.2, -0.15) is 5.10 Å². The van der Waals surface area contributed by atoms with Crippen LogP contribution >= 0.6 is 11.6 Å². The van der Waals surface area contributed by atoms with E-state index >= 15 is 0 Å². The van der Waals surface area contributed by atoms with Gasteiger partial charge in [0.2, 0.25) is 0 Å². The van der Waals surface area contributed by atoms with Crippen LogP contribution in [0, 0.1) is 0 Å². The van der Waals surface area contributed by atoms with Gasteiger partial charge in [0, 0.05) is 24.2 Å². The van der Waals surface area contributed by atoms with E-state index < -0.39 is 0 Å². The highest BCUT2D eigenvalue weighted by molar-refractivity contribution is 6.30. The molecule has 2 heterocycles. The number of carbonyl (C=O) groups is 2. The first-order valence-corrected chi connectivity index (χ1v) is 10.1. The van der Waals surface area contributed by atoms with Crippen LogP contribution in [0.1, 0.15) is 26.5 Å². The number of hydrogen-bond donors (Lipinski definition) is 1. The Morgan fingerprint density at radius 3 is 2.63 bits per heavy atom. The van der Waals surface area contributed by atoms with Gasteiger partial charge in [-0.05, 0) is 29.8 Å². The van der Waals surface area contributed by atoms with Crippen molar-refractivity contribution in [3.05, 3.63) is 82.6 Å². The largest absolute Gasteiger partial charge is 0.492 e. The zero-order valence-electron chi connectivity index (χ0n) is 16.3. The van der Waals surface area contributed by atoms with Crippen LogP contribution in [0.2, 0.25) is 5.02 Å². The maximum Gasteiger partial charge on any atom is 0.272 e. The van der Waals surface area contributed by atoms with E-state index in [9.17, 15) is 9.59 Å². The van der Waals surface area contributed by atoms with Crippen LogP contribution in [0.15, 0.2) is 60.7 Å². The van der Waals surface area contributed by atoms with Crippen molar-refractivity contribution in [1.29, 1.82) is 0 Å². The van der Waals surface area contributed by atoms with E-state index in [1.165, 1.54) is 0 Å². The van der Waals surface area contributed by atoms with Crippen LogP contribution in [-0.4, -0.2) is 46.2 Å². The third-order valence-corrected chi connectivity index (χ3v) is 5.04. The number of ether oxygens (including phenoxy) is 1. The summed E-state index contributed by atoms with van der Waals surface area (Å²) in [6.45, 7) is 2.24. The standard InChI is InChI=1S/C22H21ClN4O3/c23-17-8-6-16(7-9-17)15-26-11-12-27-20(22(26)29)14-19(25-27)21(28)24-10-13-30-18-4-2-1-3-5-18/h1-9,14H,10-13,15H2,(H,24,28). The van der Waals surface area contributed by atoms with Crippen molar-refractivity contribution < 1.29 is 14.3 Å². The zero-order valence-corrected chi connectivity index (χ0v) is 17.0. The molecule has 2 aromatic carbocycles. The average Bonchev–Trinajstić information content (AvgIpc) is 3.21. The maximum absolute atomic E-state index is 12.8. The third-order valence-electron chi connectivity index (χ3n) is 4.79. The Morgan fingerprint density at radius 2 is 1.87 bits per heavy atom. The molecule has 0 unspecified atom stereocenters. The molecule has 1 aliphatic heterocycles. The fourth-order valence-corrected chi connectivity index (χ4v) is 3.38. The smallest absolute Gasteiger partial charge is 0.272 e. The van der Waals surface area contributed by atoms with E-state index in [2.05, 4.69) is 10.4 Å². The Bertz CT molecular complexity index is 1030. The minimum atomic E-state index is -0.328. The van der Waals surface area contributed by atoms with E-state index in [-0.39, 0.29) is 17.5 Å². The molecule has 1 aromatic heterocycles. The van der Waals surface area contributed by atoms with Gasteiger partial charge in [0.05, 0.1) is 13.1 Å². The molecule has 2 amide bonds. The topological polar surface area (TPSA) is 76.5 Å². The fraction of sp³-hybridized carbons (Fsp3) is 0.227. The quantitative estimate of drug-likeness (QED) is 0.591. The lowest BCUT2D eigenvalue weighted by Crippen LogP contribution is -2.39. The van der Waals surface area contributed by atoms with E-state index in [1.807, 2.05) is 42.5 Å². The number of nitrogens with one attached hydrogen (secondary N) is 1. The summed E-state index contributed by atoms with van der Waals surface area (Å²) in [5.41, 5.74) is 1.64. The molecule has 154 valence electrons. The van der Waals surface area contributed by atoms with Gasteiger partial charge in [-0.25, -0.2) is 0 Å². The van der Waals surface area contributed by atoms with Crippen LogP contribution in [0.3, 0.4) is 0 Å². The SMILES string of the molecule is O=C(NCCOc1ccccc1)c1cc2n(n1)CCN(Cc1ccc(Cl)cc1)C2=O. The van der Waals surface area contributed by atoms with E-state index in [0.29, 0.717) is 43.5 Å². The van der Waals surface area contributed by atoms with Crippen molar-refractivity contribution in [2.75, 3.05) is 19.7 Å². The minimum Gasteiger partial charge on any atom is -0.492 e. The monoisotopic (exact) mass is 424 g/mol. The lowest BCUT2D eigenvalue weighted by atomic mass is 10.2. The highest BCUT2D eigenvalue weighted by Gasteiger charge is 2.27. The number of hydrogen-bond acceptors (Lipinski definition) is 4. The van der Waals surface area contributed by atoms with Gasteiger partial charge in [0.15, 0.2) is 5.69 Å². The Balaban J connectivity index is 1.33. The number of halogens is 1. The zero-order chi connectivity index (χ0) is 20.9. The van der Waals surface area contributed by atoms with E-state index in [0.717, 1.165) is 11.3 Å². The van der Waals surface area contributed by atoms with Crippen LogP contribution < -0.4 is 10.1 Å². The maximum atomic E-state index is 12.8. The lowest BCUT2D eigenvalue weighted by Gasteiger charge is -2.27. The Kier molecular flexibility index (Phi) is 5.99. The van der Waals surface area contributed by atoms with E-state index in [1.54, 1.807) is 27.8 Å². The van der Waals surface area contributed by atoms with Gasteiger partial charge < -0.3 is 15.0 Å². The van der Waals surface area contributed by atoms with Gasteiger partial charge in [-0.15, -0.1) is 0 Å². The number of aromatic nitrogens is 2. The number of benzene rings is 2. The molecule has 1 aliphatic rings. The van der Waals surface area contributed by atoms with Crippen LogP contribution in [-0.2, 0) is 13.1 Å². The Labute approximate surface area is 179 Å². The second-order valence-corrected chi connectivity index (χ2v) is 7.34. The van der Waals surface area contributed by atoms with Crippen molar-refractivity contribution in [3.8, 4) is 5.75 Å². The normalized spacial score (nSPS) is 13.1. The van der Waals surface area contributed by atoms with Crippen LogP contribution in [0.4, 0.5) is 0 Å². The summed E-state index contributed by atoms with van der Waals surface area (Å²) < 4.78 is 7.15. The molecule has 0 aliphatic carbocycles. The molecule has 30 heavy (non-hydrogen) atoms. The van der Waals surface area contributed by atoms with Gasteiger partial charge in [-0.1, -0.05) is 41.9 Å². The summed E-state index contributed by atoms with van der Waals surface area (Å²) in [4.78, 5) is 27.0. The number of nitrogens with zero attached hydrogens (tertiary/aromatic N) is 3. The number of carbonyl (C=O) groups excluding carboxylic acids is 2. The minimum absolute atomic E-state index is 0.143. The first-order chi connectivity index (χ1) is 14.6. The lowest BCUT2D eigenvalue weighted by molar-refractivity contribution is 0.0683. The summed E-state index contributed by atoms with van der Waals surface area (Å²) in [7, 11) is 0. The van der Waals surface area contributed by atoms with Crippen LogP contribution in [0.25, 0.3) is 0 Å². The molecule has 0 spiro atoms. The molecule has 0 saturated carbocycles. The van der Waals surface area contributed by atoms with Gasteiger partial charge in [0.1, 0.15) is 18.1 Å². The second-order valence-electron chi connectivity index (χ2n) is 6.91. The molecule has 0 atom stereocenters. The molecular formula is C22H21ClN4O3. The molecule has 8 heteroatoms.